The minimum absolute atomic E-state index is 1.17. The van der Waals surface area contributed by atoms with Crippen LogP contribution in [0.2, 0.25) is 0 Å². The van der Waals surface area contributed by atoms with Crippen LogP contribution in [0.1, 0.15) is 0 Å². The van der Waals surface area contributed by atoms with Crippen molar-refractivity contribution in [3.8, 4) is 22.5 Å². The van der Waals surface area contributed by atoms with Gasteiger partial charge in [0.05, 0.1) is 38.6 Å². The first-order valence-corrected chi connectivity index (χ1v) is 17.6. The van der Waals surface area contributed by atoms with Gasteiger partial charge in [-0.15, -0.1) is 0 Å². The van der Waals surface area contributed by atoms with Gasteiger partial charge in [-0.2, -0.15) is 0 Å². The van der Waals surface area contributed by atoms with E-state index < -0.39 is 0 Å². The highest BCUT2D eigenvalue weighted by molar-refractivity contribution is 6.24. The summed E-state index contributed by atoms with van der Waals surface area (Å²) in [4.78, 5) is 0. The minimum atomic E-state index is 1.17. The van der Waals surface area contributed by atoms with Crippen molar-refractivity contribution in [3.05, 3.63) is 176 Å². The van der Waals surface area contributed by atoms with Crippen molar-refractivity contribution in [1.29, 1.82) is 0 Å². The van der Waals surface area contributed by atoms with E-state index >= 15 is 0 Å². The Bertz CT molecular complexity index is 3270. The monoisotopic (exact) mass is 647 g/mol. The third-order valence-corrected chi connectivity index (χ3v) is 11.1. The largest absolute Gasteiger partial charge is 0.309 e. The van der Waals surface area contributed by atoms with Crippen molar-refractivity contribution in [3.63, 3.8) is 0 Å². The van der Waals surface area contributed by atoms with Crippen LogP contribution in [0, 0.1) is 0 Å². The molecule has 0 aliphatic carbocycles. The zero-order valence-corrected chi connectivity index (χ0v) is 27.6. The van der Waals surface area contributed by atoms with Gasteiger partial charge in [0, 0.05) is 54.5 Å². The summed E-state index contributed by atoms with van der Waals surface area (Å²) in [5, 5.41) is 10.2. The van der Waals surface area contributed by atoms with Gasteiger partial charge in [-0.1, -0.05) is 115 Å². The molecule has 12 aromatic rings. The molecule has 4 aromatic heterocycles. The predicted octanol–water partition coefficient (Wildman–Crippen LogP) is 12.7. The molecular weight excluding hydrogens is 619 g/mol. The second kappa shape index (κ2) is 9.87. The Morgan fingerprint density at radius 2 is 0.804 bits per heavy atom. The SMILES string of the molecule is c1ccc(-n2c3ccccc3c3ccc(-c4cccc5c4c4ccccc4n5-c4cc5c6ccccc6n6c7ccccc7c(c4)c56)cc32)cc1. The zero-order valence-electron chi connectivity index (χ0n) is 27.6. The zero-order chi connectivity index (χ0) is 33.2. The molecule has 0 amide bonds. The summed E-state index contributed by atoms with van der Waals surface area (Å²) in [6, 6.07) is 64.7. The number of fused-ring (bicyclic) bond motifs is 12. The molecule has 0 saturated carbocycles. The van der Waals surface area contributed by atoms with Crippen LogP contribution in [0.15, 0.2) is 176 Å². The smallest absolute Gasteiger partial charge is 0.0622 e. The summed E-state index contributed by atoms with van der Waals surface area (Å²) in [5.74, 6) is 0. The Balaban J connectivity index is 1.17. The van der Waals surface area contributed by atoms with Gasteiger partial charge >= 0.3 is 0 Å². The van der Waals surface area contributed by atoms with E-state index in [1.165, 1.54) is 104 Å². The van der Waals surface area contributed by atoms with E-state index in [-0.39, 0.29) is 0 Å². The molecule has 3 nitrogen and oxygen atoms in total. The molecule has 0 N–H and O–H groups in total. The number of hydrogen-bond acceptors (Lipinski definition) is 0. The first kappa shape index (κ1) is 27.0. The van der Waals surface area contributed by atoms with Crippen LogP contribution in [0.3, 0.4) is 0 Å². The van der Waals surface area contributed by atoms with Gasteiger partial charge in [0.1, 0.15) is 0 Å². The second-order valence-electron chi connectivity index (χ2n) is 13.7. The molecule has 8 aromatic carbocycles. The average Bonchev–Trinajstić information content (AvgIpc) is 3.92. The molecule has 0 spiro atoms. The van der Waals surface area contributed by atoms with Crippen molar-refractivity contribution >= 4 is 81.7 Å². The van der Waals surface area contributed by atoms with E-state index in [1.807, 2.05) is 0 Å². The summed E-state index contributed by atoms with van der Waals surface area (Å²) in [7, 11) is 0. The minimum Gasteiger partial charge on any atom is -0.309 e. The molecule has 12 rings (SSSR count). The van der Waals surface area contributed by atoms with Crippen LogP contribution in [0.4, 0.5) is 0 Å². The molecule has 4 heterocycles. The summed E-state index contributed by atoms with van der Waals surface area (Å²) >= 11 is 0. The van der Waals surface area contributed by atoms with Crippen LogP contribution < -0.4 is 0 Å². The Labute approximate surface area is 292 Å². The Kier molecular flexibility index (Phi) is 5.23. The summed E-state index contributed by atoms with van der Waals surface area (Å²) in [6.45, 7) is 0. The highest BCUT2D eigenvalue weighted by Crippen LogP contribution is 2.44. The van der Waals surface area contributed by atoms with Crippen LogP contribution in [-0.4, -0.2) is 13.5 Å². The number of nitrogens with zero attached hydrogens (tertiary/aromatic N) is 3. The molecule has 236 valence electrons. The Morgan fingerprint density at radius 1 is 0.294 bits per heavy atom. The second-order valence-corrected chi connectivity index (χ2v) is 13.7. The predicted molar refractivity (Wildman–Crippen MR) is 215 cm³/mol. The highest BCUT2D eigenvalue weighted by Gasteiger charge is 2.22. The standard InChI is InChI=1S/C48H29N3/c1-2-13-31(14-3-1)49-41-20-8-4-15-34(41)37-26-25-30(27-46(37)49)33-19-12-24-45-47(33)38-18-7-11-23-44(38)50(45)32-28-39-35-16-5-9-21-42(35)51-43-22-10-6-17-36(43)40(29-32)48(39)51/h1-29H. The fourth-order valence-corrected chi connectivity index (χ4v) is 9.09. The lowest BCUT2D eigenvalue weighted by Gasteiger charge is -2.11. The number of benzene rings is 8. The van der Waals surface area contributed by atoms with Crippen molar-refractivity contribution < 1.29 is 0 Å². The summed E-state index contributed by atoms with van der Waals surface area (Å²) < 4.78 is 7.34. The fraction of sp³-hybridized carbons (Fsp3) is 0. The van der Waals surface area contributed by atoms with Crippen LogP contribution in [0.25, 0.3) is 104 Å². The molecule has 0 radical (unpaired) electrons. The molecule has 0 saturated heterocycles. The van der Waals surface area contributed by atoms with E-state index in [1.54, 1.807) is 0 Å². The maximum Gasteiger partial charge on any atom is 0.0622 e. The number of rotatable bonds is 3. The maximum atomic E-state index is 2.48. The van der Waals surface area contributed by atoms with Gasteiger partial charge in [-0.05, 0) is 71.8 Å². The van der Waals surface area contributed by atoms with Gasteiger partial charge in [0.2, 0.25) is 0 Å². The average molecular weight is 648 g/mol. The first-order chi connectivity index (χ1) is 25.3. The van der Waals surface area contributed by atoms with E-state index in [2.05, 4.69) is 189 Å². The van der Waals surface area contributed by atoms with Gasteiger partial charge in [-0.3, -0.25) is 0 Å². The van der Waals surface area contributed by atoms with Gasteiger partial charge in [-0.25, -0.2) is 0 Å². The van der Waals surface area contributed by atoms with Gasteiger partial charge in [0.15, 0.2) is 0 Å². The molecule has 0 fully saturated rings. The van der Waals surface area contributed by atoms with E-state index in [0.717, 1.165) is 0 Å². The van der Waals surface area contributed by atoms with E-state index in [0.29, 0.717) is 0 Å². The molecular formula is C48H29N3. The molecule has 0 aliphatic rings. The topological polar surface area (TPSA) is 14.3 Å². The van der Waals surface area contributed by atoms with Gasteiger partial charge < -0.3 is 13.5 Å². The van der Waals surface area contributed by atoms with Crippen LogP contribution in [-0.2, 0) is 0 Å². The third-order valence-electron chi connectivity index (χ3n) is 11.1. The number of hydrogen-bond donors (Lipinski definition) is 0. The normalized spacial score (nSPS) is 12.3. The maximum absolute atomic E-state index is 2.48. The molecule has 51 heavy (non-hydrogen) atoms. The lowest BCUT2D eigenvalue weighted by atomic mass is 9.98. The van der Waals surface area contributed by atoms with Gasteiger partial charge in [0.25, 0.3) is 0 Å². The molecule has 3 heteroatoms. The van der Waals surface area contributed by atoms with Crippen molar-refractivity contribution in [2.75, 3.05) is 0 Å². The lowest BCUT2D eigenvalue weighted by Crippen LogP contribution is -1.94. The molecule has 0 bridgehead atoms. The van der Waals surface area contributed by atoms with Crippen molar-refractivity contribution in [2.45, 2.75) is 0 Å². The molecule has 0 aliphatic heterocycles. The quantitative estimate of drug-likeness (QED) is 0.181. The highest BCUT2D eigenvalue weighted by atomic mass is 15.0. The number of para-hydroxylation sites is 5. The van der Waals surface area contributed by atoms with Crippen LogP contribution in [0.5, 0.6) is 0 Å². The first-order valence-electron chi connectivity index (χ1n) is 17.6. The van der Waals surface area contributed by atoms with Crippen molar-refractivity contribution in [2.24, 2.45) is 0 Å². The Hall–Kier alpha value is -6.84. The molecule has 0 unspecified atom stereocenters. The van der Waals surface area contributed by atoms with Crippen molar-refractivity contribution in [1.82, 2.24) is 13.5 Å². The summed E-state index contributed by atoms with van der Waals surface area (Å²) in [5.41, 5.74) is 13.4. The molecule has 0 atom stereocenters. The Morgan fingerprint density at radius 3 is 1.49 bits per heavy atom. The van der Waals surface area contributed by atoms with Crippen LogP contribution >= 0.6 is 0 Å². The third kappa shape index (κ3) is 3.52. The summed E-state index contributed by atoms with van der Waals surface area (Å²) in [6.07, 6.45) is 0. The van der Waals surface area contributed by atoms with E-state index in [9.17, 15) is 0 Å². The lowest BCUT2D eigenvalue weighted by molar-refractivity contribution is 1.18. The fourth-order valence-electron chi connectivity index (χ4n) is 9.09. The van der Waals surface area contributed by atoms with E-state index in [4.69, 9.17) is 0 Å². The number of aromatic nitrogens is 3.